The maximum Gasteiger partial charge on any atom is 0.260 e. The molecule has 0 spiro atoms. The van der Waals surface area contributed by atoms with Crippen LogP contribution >= 0.6 is 12.2 Å². The molecule has 2 rings (SSSR count). The largest absolute Gasteiger partial charge is 0.493 e. The quantitative estimate of drug-likeness (QED) is 0.402. The summed E-state index contributed by atoms with van der Waals surface area (Å²) in [5, 5.41) is 7.46. The second-order valence-electron chi connectivity index (χ2n) is 6.48. The van der Waals surface area contributed by atoms with Gasteiger partial charge in [0.15, 0.2) is 23.2 Å². The van der Waals surface area contributed by atoms with E-state index in [4.69, 9.17) is 26.4 Å². The highest BCUT2D eigenvalue weighted by Crippen LogP contribution is 2.27. The molecule has 154 valence electrons. The van der Waals surface area contributed by atoms with Gasteiger partial charge < -0.3 is 24.4 Å². The van der Waals surface area contributed by atoms with E-state index in [0.29, 0.717) is 29.7 Å². The van der Waals surface area contributed by atoms with Crippen LogP contribution in [0.3, 0.4) is 0 Å². The van der Waals surface area contributed by atoms with Gasteiger partial charge in [0.1, 0.15) is 0 Å². The molecule has 1 aromatic carbocycles. The average molecular weight is 409 g/mol. The molecule has 1 aromatic rings. The summed E-state index contributed by atoms with van der Waals surface area (Å²) in [6.07, 6.45) is 1.67. The van der Waals surface area contributed by atoms with Gasteiger partial charge in [-0.2, -0.15) is 5.10 Å². The van der Waals surface area contributed by atoms with Crippen molar-refractivity contribution in [3.05, 3.63) is 23.8 Å². The lowest BCUT2D eigenvalue weighted by Gasteiger charge is -2.35. The maximum absolute atomic E-state index is 12.4. The molecule has 1 aliphatic rings. The molecule has 2 atom stereocenters. The number of carbonyl (C=O) groups excluding carboxylic acids is 1. The minimum Gasteiger partial charge on any atom is -0.493 e. The smallest absolute Gasteiger partial charge is 0.260 e. The lowest BCUT2D eigenvalue weighted by atomic mass is 10.2. The summed E-state index contributed by atoms with van der Waals surface area (Å²) in [5.74, 6) is 0.948. The highest BCUT2D eigenvalue weighted by atomic mass is 32.1. The number of amides is 1. The van der Waals surface area contributed by atoms with Crippen molar-refractivity contribution in [1.82, 2.24) is 15.6 Å². The van der Waals surface area contributed by atoms with Gasteiger partial charge in [0, 0.05) is 19.6 Å². The predicted molar refractivity (Wildman–Crippen MR) is 112 cm³/mol. The number of nitrogens with zero attached hydrogens (tertiary/aromatic N) is 2. The number of methoxy groups -OCH3 is 1. The number of carbonyl (C=O) groups is 1. The van der Waals surface area contributed by atoms with Crippen molar-refractivity contribution in [3.8, 4) is 11.5 Å². The number of hydrogen-bond donors (Lipinski definition) is 2. The fraction of sp³-hybridized carbons (Fsp3) is 0.526. The van der Waals surface area contributed by atoms with Gasteiger partial charge in [-0.25, -0.2) is 0 Å². The standard InChI is InChI=1S/C19H28N4O4S/c1-5-20-19(28)22-21-9-15-6-7-16(17(8-15)25-4)26-12-18(24)23-10-13(2)27-14(3)11-23/h6-9,13-14H,5,10-12H2,1-4H3,(H2,20,22,28)/b21-9-/t13-,14+. The first-order valence-electron chi connectivity index (χ1n) is 9.23. The van der Waals surface area contributed by atoms with E-state index >= 15 is 0 Å². The highest BCUT2D eigenvalue weighted by Gasteiger charge is 2.26. The summed E-state index contributed by atoms with van der Waals surface area (Å²) >= 11 is 5.04. The summed E-state index contributed by atoms with van der Waals surface area (Å²) in [4.78, 5) is 14.2. The lowest BCUT2D eigenvalue weighted by Crippen LogP contribution is -2.49. The van der Waals surface area contributed by atoms with Crippen LogP contribution < -0.4 is 20.2 Å². The number of rotatable bonds is 7. The van der Waals surface area contributed by atoms with Gasteiger partial charge in [-0.3, -0.25) is 10.2 Å². The second kappa shape index (κ2) is 10.8. The van der Waals surface area contributed by atoms with Crippen LogP contribution in [-0.4, -0.2) is 67.7 Å². The van der Waals surface area contributed by atoms with Crippen LogP contribution in [-0.2, 0) is 9.53 Å². The SMILES string of the molecule is CCNC(=S)N/N=C\c1ccc(OCC(=O)N2C[C@@H](C)O[C@@H](C)C2)c(OC)c1. The fourth-order valence-electron chi connectivity index (χ4n) is 2.86. The number of nitrogens with one attached hydrogen (secondary N) is 2. The molecular weight excluding hydrogens is 380 g/mol. The summed E-state index contributed by atoms with van der Waals surface area (Å²) in [5.41, 5.74) is 3.53. The zero-order valence-corrected chi connectivity index (χ0v) is 17.5. The van der Waals surface area contributed by atoms with E-state index < -0.39 is 0 Å². The molecule has 9 heteroatoms. The average Bonchev–Trinajstić information content (AvgIpc) is 2.66. The molecule has 1 fully saturated rings. The van der Waals surface area contributed by atoms with Gasteiger partial charge in [0.2, 0.25) is 0 Å². The monoisotopic (exact) mass is 408 g/mol. The third-order valence-corrected chi connectivity index (χ3v) is 4.26. The van der Waals surface area contributed by atoms with Crippen LogP contribution in [0.15, 0.2) is 23.3 Å². The number of hydrazone groups is 1. The Kier molecular flexibility index (Phi) is 8.46. The van der Waals surface area contributed by atoms with Crippen LogP contribution in [0.2, 0.25) is 0 Å². The Morgan fingerprint density at radius 2 is 2.07 bits per heavy atom. The molecule has 1 aliphatic heterocycles. The molecule has 1 amide bonds. The first kappa shape index (κ1) is 21.9. The minimum atomic E-state index is -0.0733. The summed E-state index contributed by atoms with van der Waals surface area (Å²) < 4.78 is 16.7. The number of morpholine rings is 1. The first-order valence-corrected chi connectivity index (χ1v) is 9.64. The van der Waals surface area contributed by atoms with E-state index in [0.717, 1.165) is 12.1 Å². The first-order chi connectivity index (χ1) is 13.4. The van der Waals surface area contributed by atoms with Gasteiger partial charge in [-0.05, 0) is 56.8 Å². The topological polar surface area (TPSA) is 84.4 Å². The molecule has 0 radical (unpaired) electrons. The Balaban J connectivity index is 1.93. The lowest BCUT2D eigenvalue weighted by molar-refractivity contribution is -0.145. The van der Waals surface area contributed by atoms with Crippen LogP contribution in [0.25, 0.3) is 0 Å². The molecule has 8 nitrogen and oxygen atoms in total. The van der Waals surface area contributed by atoms with Crippen molar-refractivity contribution in [2.24, 2.45) is 5.10 Å². The Morgan fingerprint density at radius 1 is 1.36 bits per heavy atom. The molecule has 0 bridgehead atoms. The molecule has 2 N–H and O–H groups in total. The normalized spacial score (nSPS) is 19.4. The summed E-state index contributed by atoms with van der Waals surface area (Å²) in [6.45, 7) is 7.68. The third kappa shape index (κ3) is 6.65. The van der Waals surface area contributed by atoms with Crippen LogP contribution in [0.4, 0.5) is 0 Å². The zero-order chi connectivity index (χ0) is 20.5. The third-order valence-electron chi connectivity index (χ3n) is 4.03. The zero-order valence-electron chi connectivity index (χ0n) is 16.7. The van der Waals surface area contributed by atoms with Crippen molar-refractivity contribution in [1.29, 1.82) is 0 Å². The van der Waals surface area contributed by atoms with E-state index in [1.54, 1.807) is 30.4 Å². The molecular formula is C19H28N4O4S. The van der Waals surface area contributed by atoms with Gasteiger partial charge in [-0.1, -0.05) is 0 Å². The van der Waals surface area contributed by atoms with Gasteiger partial charge in [-0.15, -0.1) is 0 Å². The molecule has 1 heterocycles. The van der Waals surface area contributed by atoms with Gasteiger partial charge >= 0.3 is 0 Å². The highest BCUT2D eigenvalue weighted by molar-refractivity contribution is 7.80. The number of hydrogen-bond acceptors (Lipinski definition) is 6. The number of benzene rings is 1. The van der Waals surface area contributed by atoms with Crippen LogP contribution in [0.5, 0.6) is 11.5 Å². The second-order valence-corrected chi connectivity index (χ2v) is 6.89. The maximum atomic E-state index is 12.4. The van der Waals surface area contributed by atoms with Crippen LogP contribution in [0.1, 0.15) is 26.3 Å². The van der Waals surface area contributed by atoms with Crippen molar-refractivity contribution in [3.63, 3.8) is 0 Å². The minimum absolute atomic E-state index is 0.0230. The van der Waals surface area contributed by atoms with Crippen molar-refractivity contribution >= 4 is 29.5 Å². The van der Waals surface area contributed by atoms with E-state index in [2.05, 4.69) is 15.8 Å². The molecule has 28 heavy (non-hydrogen) atoms. The molecule has 0 aromatic heterocycles. The summed E-state index contributed by atoms with van der Waals surface area (Å²) in [7, 11) is 1.55. The molecule has 0 aliphatic carbocycles. The van der Waals surface area contributed by atoms with Crippen molar-refractivity contribution < 1.29 is 19.0 Å². The Labute approximate surface area is 171 Å². The number of ether oxygens (including phenoxy) is 3. The van der Waals surface area contributed by atoms with Crippen molar-refractivity contribution in [2.75, 3.05) is 33.4 Å². The molecule has 1 saturated heterocycles. The molecule has 0 unspecified atom stereocenters. The van der Waals surface area contributed by atoms with E-state index in [1.165, 1.54) is 0 Å². The van der Waals surface area contributed by atoms with E-state index in [-0.39, 0.29) is 24.7 Å². The predicted octanol–water partition coefficient (Wildman–Crippen LogP) is 1.53. The van der Waals surface area contributed by atoms with Gasteiger partial charge in [0.05, 0.1) is 25.5 Å². The Bertz CT molecular complexity index is 703. The van der Waals surface area contributed by atoms with E-state index in [9.17, 15) is 4.79 Å². The van der Waals surface area contributed by atoms with Gasteiger partial charge in [0.25, 0.3) is 5.91 Å². The van der Waals surface area contributed by atoms with E-state index in [1.807, 2.05) is 26.8 Å². The van der Waals surface area contributed by atoms with Crippen molar-refractivity contribution in [2.45, 2.75) is 33.0 Å². The number of thiocarbonyl (C=S) groups is 1. The van der Waals surface area contributed by atoms with Crippen LogP contribution in [0, 0.1) is 0 Å². The fourth-order valence-corrected chi connectivity index (χ4v) is 3.06. The summed E-state index contributed by atoms with van der Waals surface area (Å²) in [6, 6.07) is 5.35. The Morgan fingerprint density at radius 3 is 2.71 bits per heavy atom. The molecule has 0 saturated carbocycles. The Hall–Kier alpha value is -2.39.